The highest BCUT2D eigenvalue weighted by Gasteiger charge is 2.02. The van der Waals surface area contributed by atoms with Gasteiger partial charge in [-0.05, 0) is 13.0 Å². The van der Waals surface area contributed by atoms with Gasteiger partial charge in [-0.1, -0.05) is 30.3 Å². The largest absolute Gasteiger partial charge is 0.264 e. The Hall–Kier alpha value is -2.82. The highest BCUT2D eigenvalue weighted by molar-refractivity contribution is 5.99. The van der Waals surface area contributed by atoms with Gasteiger partial charge in [-0.2, -0.15) is 10.2 Å². The Bertz CT molecular complexity index is 747. The zero-order valence-corrected chi connectivity index (χ0v) is 11.0. The van der Waals surface area contributed by atoms with Gasteiger partial charge in [-0.3, -0.25) is 10.4 Å². The van der Waals surface area contributed by atoms with Crippen molar-refractivity contribution in [1.82, 2.24) is 15.2 Å². The quantitative estimate of drug-likeness (QED) is 0.583. The summed E-state index contributed by atoms with van der Waals surface area (Å²) in [6.07, 6.45) is 5.24. The van der Waals surface area contributed by atoms with Crippen LogP contribution in [0.25, 0.3) is 10.8 Å². The van der Waals surface area contributed by atoms with E-state index in [9.17, 15) is 0 Å². The number of hydrogen-bond acceptors (Lipinski definition) is 5. The molecule has 0 bridgehead atoms. The van der Waals surface area contributed by atoms with Gasteiger partial charge in [0.1, 0.15) is 0 Å². The van der Waals surface area contributed by atoms with Crippen molar-refractivity contribution >= 4 is 22.3 Å². The molecule has 1 aromatic carbocycles. The van der Waals surface area contributed by atoms with Crippen LogP contribution in [0.15, 0.2) is 60.1 Å². The molecule has 0 amide bonds. The minimum Gasteiger partial charge on any atom is -0.264 e. The third-order valence-corrected chi connectivity index (χ3v) is 2.98. The van der Waals surface area contributed by atoms with Crippen LogP contribution < -0.4 is 5.43 Å². The average Bonchev–Trinajstić information content (AvgIpc) is 2.53. The van der Waals surface area contributed by atoms with Crippen molar-refractivity contribution < 1.29 is 0 Å². The minimum absolute atomic E-state index is 0.645. The van der Waals surface area contributed by atoms with Gasteiger partial charge in [0.05, 0.1) is 11.9 Å². The first-order chi connectivity index (χ1) is 9.84. The van der Waals surface area contributed by atoms with Crippen LogP contribution in [0.1, 0.15) is 12.5 Å². The van der Waals surface area contributed by atoms with Crippen molar-refractivity contribution in [3.63, 3.8) is 0 Å². The molecule has 0 saturated heterocycles. The number of nitrogens with one attached hydrogen (secondary N) is 1. The monoisotopic (exact) mass is 263 g/mol. The fourth-order valence-electron chi connectivity index (χ4n) is 1.89. The lowest BCUT2D eigenvalue weighted by molar-refractivity contribution is 1.04. The molecule has 0 aliphatic heterocycles. The highest BCUT2D eigenvalue weighted by atomic mass is 15.3. The second-order valence-electron chi connectivity index (χ2n) is 4.33. The first-order valence-electron chi connectivity index (χ1n) is 6.26. The van der Waals surface area contributed by atoms with Crippen molar-refractivity contribution in [2.24, 2.45) is 5.10 Å². The molecule has 2 aromatic heterocycles. The van der Waals surface area contributed by atoms with E-state index in [0.717, 1.165) is 22.0 Å². The third kappa shape index (κ3) is 2.47. The number of nitrogens with zero attached hydrogens (tertiary/aromatic N) is 4. The summed E-state index contributed by atoms with van der Waals surface area (Å²) in [5, 5.41) is 14.4. The number of benzene rings is 1. The first-order valence-corrected chi connectivity index (χ1v) is 6.26. The lowest BCUT2D eigenvalue weighted by Crippen LogP contribution is -2.02. The molecule has 0 aliphatic rings. The van der Waals surface area contributed by atoms with Gasteiger partial charge in [-0.25, -0.2) is 0 Å². The molecule has 0 unspecified atom stereocenters. The van der Waals surface area contributed by atoms with E-state index in [4.69, 9.17) is 0 Å². The topological polar surface area (TPSA) is 63.1 Å². The molecule has 0 aliphatic carbocycles. The second-order valence-corrected chi connectivity index (χ2v) is 4.33. The summed E-state index contributed by atoms with van der Waals surface area (Å²) in [5.74, 6) is 0.645. The van der Waals surface area contributed by atoms with Crippen molar-refractivity contribution in [2.45, 2.75) is 6.92 Å². The Morgan fingerprint density at radius 1 is 1.10 bits per heavy atom. The van der Waals surface area contributed by atoms with E-state index in [2.05, 4.69) is 25.7 Å². The predicted octanol–water partition coefficient (Wildman–Crippen LogP) is 2.86. The minimum atomic E-state index is 0.645. The molecule has 0 atom stereocenters. The number of anilines is 1. The Morgan fingerprint density at radius 3 is 2.85 bits per heavy atom. The summed E-state index contributed by atoms with van der Waals surface area (Å²) in [6.45, 7) is 1.92. The summed E-state index contributed by atoms with van der Waals surface area (Å²) in [5.41, 5.74) is 4.78. The fraction of sp³-hybridized carbons (Fsp3) is 0.0667. The number of hydrazone groups is 1. The smallest absolute Gasteiger partial charge is 0.176 e. The first kappa shape index (κ1) is 12.2. The predicted molar refractivity (Wildman–Crippen MR) is 79.6 cm³/mol. The number of pyridine rings is 1. The summed E-state index contributed by atoms with van der Waals surface area (Å²) >= 11 is 0. The molecular formula is C15H13N5. The molecule has 0 radical (unpaired) electrons. The molecule has 5 nitrogen and oxygen atoms in total. The molecule has 0 saturated carbocycles. The van der Waals surface area contributed by atoms with Crippen LogP contribution in [0, 0.1) is 0 Å². The zero-order valence-electron chi connectivity index (χ0n) is 11.0. The summed E-state index contributed by atoms with van der Waals surface area (Å²) < 4.78 is 0. The molecule has 0 fully saturated rings. The standard InChI is InChI=1S/C15H13N5/c1-11(12-6-4-8-16-9-12)18-20-15-14-7-3-2-5-13(14)10-17-19-15/h2-10H,1H3,(H,19,20)/b18-11-. The number of hydrogen-bond donors (Lipinski definition) is 1. The van der Waals surface area contributed by atoms with Gasteiger partial charge in [-0.15, -0.1) is 5.10 Å². The van der Waals surface area contributed by atoms with E-state index in [1.807, 2.05) is 43.3 Å². The molecule has 20 heavy (non-hydrogen) atoms. The molecule has 5 heteroatoms. The highest BCUT2D eigenvalue weighted by Crippen LogP contribution is 2.19. The van der Waals surface area contributed by atoms with Crippen LogP contribution in [0.5, 0.6) is 0 Å². The molecular weight excluding hydrogens is 250 g/mol. The van der Waals surface area contributed by atoms with E-state index in [1.165, 1.54) is 0 Å². The zero-order chi connectivity index (χ0) is 13.8. The fourth-order valence-corrected chi connectivity index (χ4v) is 1.89. The van der Waals surface area contributed by atoms with Crippen LogP contribution in [0.3, 0.4) is 0 Å². The third-order valence-electron chi connectivity index (χ3n) is 2.98. The van der Waals surface area contributed by atoms with Crippen LogP contribution in [0.2, 0.25) is 0 Å². The van der Waals surface area contributed by atoms with E-state index in [-0.39, 0.29) is 0 Å². The van der Waals surface area contributed by atoms with Crippen molar-refractivity contribution in [2.75, 3.05) is 5.43 Å². The van der Waals surface area contributed by atoms with Crippen LogP contribution in [-0.4, -0.2) is 20.9 Å². The molecule has 1 N–H and O–H groups in total. The van der Waals surface area contributed by atoms with Gasteiger partial charge < -0.3 is 0 Å². The lowest BCUT2D eigenvalue weighted by atomic mass is 10.2. The van der Waals surface area contributed by atoms with Gasteiger partial charge >= 0.3 is 0 Å². The summed E-state index contributed by atoms with van der Waals surface area (Å²) in [6, 6.07) is 11.8. The summed E-state index contributed by atoms with van der Waals surface area (Å²) in [7, 11) is 0. The number of aromatic nitrogens is 3. The Kier molecular flexibility index (Phi) is 3.33. The number of fused-ring (bicyclic) bond motifs is 1. The summed E-state index contributed by atoms with van der Waals surface area (Å²) in [4.78, 5) is 4.07. The van der Waals surface area contributed by atoms with Gasteiger partial charge in [0, 0.05) is 28.7 Å². The average molecular weight is 263 g/mol. The van der Waals surface area contributed by atoms with Crippen molar-refractivity contribution in [1.29, 1.82) is 0 Å². The molecule has 2 heterocycles. The van der Waals surface area contributed by atoms with Gasteiger partial charge in [0.2, 0.25) is 0 Å². The second kappa shape index (κ2) is 5.44. The number of rotatable bonds is 3. The van der Waals surface area contributed by atoms with Crippen LogP contribution >= 0.6 is 0 Å². The van der Waals surface area contributed by atoms with E-state index in [1.54, 1.807) is 18.6 Å². The molecule has 3 aromatic rings. The molecule has 0 spiro atoms. The maximum atomic E-state index is 4.34. The molecule has 3 rings (SSSR count). The lowest BCUT2D eigenvalue weighted by Gasteiger charge is -2.05. The van der Waals surface area contributed by atoms with Crippen molar-refractivity contribution in [3.05, 3.63) is 60.6 Å². The van der Waals surface area contributed by atoms with Crippen LogP contribution in [0.4, 0.5) is 5.82 Å². The van der Waals surface area contributed by atoms with E-state index in [0.29, 0.717) is 5.82 Å². The normalized spacial score (nSPS) is 11.6. The maximum Gasteiger partial charge on any atom is 0.176 e. The Morgan fingerprint density at radius 2 is 2.00 bits per heavy atom. The van der Waals surface area contributed by atoms with Gasteiger partial charge in [0.15, 0.2) is 5.82 Å². The Balaban J connectivity index is 1.91. The van der Waals surface area contributed by atoms with Crippen molar-refractivity contribution in [3.8, 4) is 0 Å². The SMILES string of the molecule is C/C(=N/Nc1nncc2ccccc12)c1cccnc1. The Labute approximate surface area is 116 Å². The van der Waals surface area contributed by atoms with Crippen LogP contribution in [-0.2, 0) is 0 Å². The molecule has 98 valence electrons. The van der Waals surface area contributed by atoms with E-state index >= 15 is 0 Å². The van der Waals surface area contributed by atoms with E-state index < -0.39 is 0 Å². The maximum absolute atomic E-state index is 4.34. The van der Waals surface area contributed by atoms with Gasteiger partial charge in [0.25, 0.3) is 0 Å².